The van der Waals surface area contributed by atoms with Gasteiger partial charge in [0.2, 0.25) is 6.29 Å². The van der Waals surface area contributed by atoms with Crippen LogP contribution in [0.5, 0.6) is 0 Å². The van der Waals surface area contributed by atoms with Crippen molar-refractivity contribution in [3.8, 4) is 0 Å². The summed E-state index contributed by atoms with van der Waals surface area (Å²) in [6.07, 6.45) is -43.6. The zero-order valence-electron chi connectivity index (χ0n) is 55.7. The third-order valence-electron chi connectivity index (χ3n) is 25.4. The SMILES string of the molecule is C[C@H]1O[C@H](O[C@@H]2[C@@H](O[C@@H]3CC[C@]4(C)[C@H](CC[C@@]5(C)[C@H]4CC=C4[C@H]6CC(C)(C)CC[C@@]6(C(=O)O[C@H]6O[C@@H](CO[C@H]7O[C@@H](CO)[C@H](O)[C@@H](O)[C@@H]7O)[C@H](O)[C@@H](O)[C@@H]6O)CC[C@@]45C)[C@@]3(C)CO)OC[C@@H](O[C@H]3O[C@@H](CO)[C@H](O)[C@@H](O)[C@@H]3O)[C@H]2O[C@H]2O[C@@H](CO)[C@H](O)[C@@H](O)[C@@H]2O)[C@@H](O)[C@@H](O)[C@@H]1O. The van der Waals surface area contributed by atoms with E-state index in [2.05, 4.69) is 40.7 Å². The third kappa shape index (κ3) is 13.2. The molecule has 0 aromatic carbocycles. The van der Waals surface area contributed by atoms with Crippen molar-refractivity contribution >= 4 is 5.97 Å². The summed E-state index contributed by atoms with van der Waals surface area (Å²) in [5, 5.41) is 206. The van der Waals surface area contributed by atoms with Gasteiger partial charge >= 0.3 is 5.97 Å². The fourth-order valence-corrected chi connectivity index (χ4v) is 19.0. The fraction of sp³-hybridized carbons (Fsp3) is 0.954. The lowest BCUT2D eigenvalue weighted by Gasteiger charge is -2.71. The van der Waals surface area contributed by atoms with Crippen LogP contribution in [0.15, 0.2) is 11.6 Å². The minimum Gasteiger partial charge on any atom is -0.432 e. The van der Waals surface area contributed by atoms with Gasteiger partial charge in [0, 0.05) is 5.41 Å². The van der Waals surface area contributed by atoms with Crippen molar-refractivity contribution < 1.29 is 159 Å². The second-order valence-electron chi connectivity index (χ2n) is 31.3. The predicted molar refractivity (Wildman–Crippen MR) is 322 cm³/mol. The molecule has 5 aliphatic carbocycles. The zero-order chi connectivity index (χ0) is 70.7. The van der Waals surface area contributed by atoms with Gasteiger partial charge in [-0.1, -0.05) is 53.2 Å². The highest BCUT2D eigenvalue weighted by molar-refractivity contribution is 5.79. The third-order valence-corrected chi connectivity index (χ3v) is 25.4. The summed E-state index contributed by atoms with van der Waals surface area (Å²) >= 11 is 0. The van der Waals surface area contributed by atoms with Crippen LogP contribution in [0.3, 0.4) is 0 Å². The van der Waals surface area contributed by atoms with Crippen molar-refractivity contribution in [1.82, 2.24) is 0 Å². The molecule has 6 saturated heterocycles. The van der Waals surface area contributed by atoms with Crippen LogP contribution in [-0.2, 0) is 61.6 Å². The number of allylic oxidation sites excluding steroid dienone is 2. The van der Waals surface area contributed by atoms with Crippen LogP contribution < -0.4 is 0 Å². The topological polar surface area (TPSA) is 512 Å². The summed E-state index contributed by atoms with van der Waals surface area (Å²) in [6, 6.07) is 0. The van der Waals surface area contributed by atoms with Crippen molar-refractivity contribution in [2.45, 2.75) is 297 Å². The van der Waals surface area contributed by atoms with Gasteiger partial charge in [0.05, 0.1) is 57.3 Å². The van der Waals surface area contributed by atoms with Crippen LogP contribution in [0.2, 0.25) is 0 Å². The van der Waals surface area contributed by atoms with Crippen LogP contribution in [0, 0.1) is 50.2 Å². The molecule has 97 heavy (non-hydrogen) atoms. The van der Waals surface area contributed by atoms with Gasteiger partial charge in [0.15, 0.2) is 31.5 Å². The Hall–Kier alpha value is -1.99. The van der Waals surface area contributed by atoms with Crippen molar-refractivity contribution in [2.24, 2.45) is 50.2 Å². The molecule has 4 saturated carbocycles. The fourth-order valence-electron chi connectivity index (χ4n) is 19.0. The monoisotopic (exact) mass is 1400 g/mol. The lowest BCUT2D eigenvalue weighted by molar-refractivity contribution is -0.403. The maximum absolute atomic E-state index is 15.3. The number of aliphatic hydroxyl groups excluding tert-OH is 19. The van der Waals surface area contributed by atoms with Gasteiger partial charge in [-0.2, -0.15) is 0 Å². The maximum atomic E-state index is 15.3. The van der Waals surface area contributed by atoms with E-state index in [0.717, 1.165) is 5.57 Å². The van der Waals surface area contributed by atoms with Crippen LogP contribution in [0.25, 0.3) is 0 Å². The highest BCUT2D eigenvalue weighted by atomic mass is 16.8. The number of hydrogen-bond donors (Lipinski definition) is 19. The van der Waals surface area contributed by atoms with Crippen LogP contribution in [0.4, 0.5) is 0 Å². The molecule has 11 rings (SSSR count). The Bertz CT molecular complexity index is 2710. The van der Waals surface area contributed by atoms with Gasteiger partial charge < -0.3 is 154 Å². The lowest BCUT2D eigenvalue weighted by atomic mass is 9.33. The standard InChI is InChI=1S/C65H106O32/c1-25-36(70)41(75)47(81)54(88-25)96-52-51(95-56-49(83)44(78)39(73)30(21-68)91-56)32(93-55-48(82)43(77)38(72)29(20-67)90-55)23-87-58(52)94-35-11-12-61(4)33(62(35,5)24-69)10-13-64(7)34(61)9-8-26-27-18-60(2,3)14-16-65(27,17-15-63(26,64)6)59(85)97-57-50(84)45(79)40(74)31(92-57)22-86-53-46(80)42(76)37(71)28(19-66)89-53/h8,25,27-58,66-84H,9-24H2,1-7H3/t25-,27-,28+,29+,30+,31+,32-,33+,34+,35-,36-,37+,38+,39+,40+,41+,42-,43-,44-,45-,46+,47+,48+,49+,50+,51-,52+,53+,54-,55-,56-,57-,58-,61-,62-,63+,64+,65-/m1/s1. The molecule has 32 nitrogen and oxygen atoms in total. The molecule has 6 heterocycles. The first-order valence-corrected chi connectivity index (χ1v) is 34.3. The van der Waals surface area contributed by atoms with E-state index in [1.54, 1.807) is 0 Å². The normalized spacial score (nSPS) is 54.7. The molecular weight excluding hydrogens is 1290 g/mol. The average molecular weight is 1400 g/mol. The molecule has 558 valence electrons. The summed E-state index contributed by atoms with van der Waals surface area (Å²) in [5.41, 5.74) is -2.70. The number of esters is 1. The van der Waals surface area contributed by atoms with Crippen molar-refractivity contribution in [2.75, 3.05) is 39.6 Å². The number of carbonyl (C=O) groups excluding carboxylic acids is 1. The molecule has 0 bridgehead atoms. The van der Waals surface area contributed by atoms with E-state index in [1.165, 1.54) is 6.92 Å². The van der Waals surface area contributed by atoms with E-state index in [1.807, 2.05) is 6.92 Å². The summed E-state index contributed by atoms with van der Waals surface area (Å²) in [7, 11) is 0. The summed E-state index contributed by atoms with van der Waals surface area (Å²) in [4.78, 5) is 15.3. The van der Waals surface area contributed by atoms with E-state index < -0.39 is 257 Å². The van der Waals surface area contributed by atoms with E-state index in [-0.39, 0.29) is 23.2 Å². The smallest absolute Gasteiger partial charge is 0.315 e. The number of carbonyl (C=O) groups is 1. The molecule has 0 amide bonds. The van der Waals surface area contributed by atoms with Crippen LogP contribution >= 0.6 is 0 Å². The summed E-state index contributed by atoms with van der Waals surface area (Å²) in [6.45, 7) is 10.5. The second kappa shape index (κ2) is 28.8. The van der Waals surface area contributed by atoms with E-state index >= 15 is 4.79 Å². The van der Waals surface area contributed by atoms with E-state index in [0.29, 0.717) is 64.2 Å². The molecule has 0 aromatic heterocycles. The van der Waals surface area contributed by atoms with Crippen LogP contribution in [0.1, 0.15) is 113 Å². The first kappa shape index (κ1) is 76.1. The molecule has 32 heteroatoms. The average Bonchev–Trinajstić information content (AvgIpc) is 0.676. The van der Waals surface area contributed by atoms with Gasteiger partial charge in [-0.3, -0.25) is 4.79 Å². The molecule has 0 radical (unpaired) electrons. The Balaban J connectivity index is 0.861. The minimum absolute atomic E-state index is 0.0106. The highest BCUT2D eigenvalue weighted by Crippen LogP contribution is 2.76. The molecule has 0 unspecified atom stereocenters. The Morgan fingerprint density at radius 2 is 0.990 bits per heavy atom. The maximum Gasteiger partial charge on any atom is 0.315 e. The molecule has 0 aromatic rings. The Morgan fingerprint density at radius 3 is 1.57 bits per heavy atom. The number of aliphatic hydroxyl groups is 19. The molecule has 38 atom stereocenters. The Morgan fingerprint density at radius 1 is 0.495 bits per heavy atom. The van der Waals surface area contributed by atoms with Crippen molar-refractivity contribution in [3.63, 3.8) is 0 Å². The number of fused-ring (bicyclic) bond motifs is 7. The molecule has 19 N–H and O–H groups in total. The van der Waals surface area contributed by atoms with Gasteiger partial charge in [-0.15, -0.1) is 0 Å². The molecule has 6 aliphatic heterocycles. The zero-order valence-corrected chi connectivity index (χ0v) is 55.7. The first-order valence-electron chi connectivity index (χ1n) is 34.3. The van der Waals surface area contributed by atoms with Crippen LogP contribution in [-0.4, -0.2) is 327 Å². The molecular formula is C65H106O32. The first-order chi connectivity index (χ1) is 45.6. The number of ether oxygens (including phenoxy) is 12. The quantitative estimate of drug-likeness (QED) is 0.0366. The van der Waals surface area contributed by atoms with Crippen molar-refractivity contribution in [3.05, 3.63) is 11.6 Å². The van der Waals surface area contributed by atoms with Crippen molar-refractivity contribution in [1.29, 1.82) is 0 Å². The van der Waals surface area contributed by atoms with Gasteiger partial charge in [-0.05, 0) is 111 Å². The summed E-state index contributed by atoms with van der Waals surface area (Å²) in [5.74, 6) is -1.26. The van der Waals surface area contributed by atoms with E-state index in [4.69, 9.17) is 56.8 Å². The largest absolute Gasteiger partial charge is 0.432 e. The second-order valence-corrected chi connectivity index (χ2v) is 31.3. The van der Waals surface area contributed by atoms with Gasteiger partial charge in [0.1, 0.15) is 134 Å². The molecule has 11 aliphatic rings. The van der Waals surface area contributed by atoms with E-state index in [9.17, 15) is 97.0 Å². The highest BCUT2D eigenvalue weighted by Gasteiger charge is 2.71. The number of rotatable bonds is 17. The predicted octanol–water partition coefficient (Wildman–Crippen LogP) is -5.75. The Kier molecular flexibility index (Phi) is 22.6. The van der Waals surface area contributed by atoms with Gasteiger partial charge in [-0.25, -0.2) is 0 Å². The molecule has 10 fully saturated rings. The lowest BCUT2D eigenvalue weighted by Crippen LogP contribution is -2.68. The van der Waals surface area contributed by atoms with Gasteiger partial charge in [0.25, 0.3) is 0 Å². The minimum atomic E-state index is -2.03. The molecule has 0 spiro atoms. The Labute approximate surface area is 561 Å². The number of hydrogen-bond acceptors (Lipinski definition) is 32. The summed E-state index contributed by atoms with van der Waals surface area (Å²) < 4.78 is 73.6.